The number of rotatable bonds is 5. The molecular formula is C26H29ClFNO5. The van der Waals surface area contributed by atoms with Crippen LogP contribution in [0.2, 0.25) is 5.02 Å². The fourth-order valence-corrected chi connectivity index (χ4v) is 4.45. The first-order valence-electron chi connectivity index (χ1n) is 11.3. The number of amides is 1. The minimum Gasteiger partial charge on any atom is -0.493 e. The summed E-state index contributed by atoms with van der Waals surface area (Å²) in [6.07, 6.45) is 1.26. The monoisotopic (exact) mass is 489 g/mol. The van der Waals surface area contributed by atoms with Crippen LogP contribution in [-0.4, -0.2) is 36.8 Å². The highest BCUT2D eigenvalue weighted by Crippen LogP contribution is 2.41. The zero-order chi connectivity index (χ0) is 24.5. The maximum atomic E-state index is 13.7. The van der Waals surface area contributed by atoms with Crippen molar-refractivity contribution in [3.8, 4) is 11.5 Å². The maximum Gasteiger partial charge on any atom is 0.410 e. The Morgan fingerprint density at radius 3 is 2.62 bits per heavy atom. The molecule has 0 radical (unpaired) electrons. The summed E-state index contributed by atoms with van der Waals surface area (Å²) < 4.78 is 36.3. The number of piperidine rings is 1. The van der Waals surface area contributed by atoms with Gasteiger partial charge in [-0.3, -0.25) is 0 Å². The third-order valence-electron chi connectivity index (χ3n) is 5.87. The molecule has 0 atom stereocenters. The van der Waals surface area contributed by atoms with Crippen molar-refractivity contribution in [2.45, 2.75) is 51.7 Å². The van der Waals surface area contributed by atoms with Crippen LogP contribution in [0, 0.1) is 6.01 Å². The standard InChI is InChI=1S/C26H29ClFNO5/c1-26(2,3)34-25(30)29-12-10-16(11-13-29)18-6-5-7-21(31-4)24(18)32-15-17-8-9-20(27)19-14-22(28)33-23(17)19/h5-9,14,16H,10-13,15H2,1-4H3. The molecule has 1 aromatic heterocycles. The molecule has 1 fully saturated rings. The number of fused-ring (bicyclic) bond motifs is 1. The Balaban J connectivity index is 1.52. The lowest BCUT2D eigenvalue weighted by molar-refractivity contribution is 0.0204. The van der Waals surface area contributed by atoms with Gasteiger partial charge in [-0.1, -0.05) is 29.8 Å². The second kappa shape index (κ2) is 9.74. The number of nitrogens with zero attached hydrogens (tertiary/aromatic N) is 1. The first-order valence-corrected chi connectivity index (χ1v) is 11.7. The van der Waals surface area contributed by atoms with Crippen LogP contribution in [0.3, 0.4) is 0 Å². The summed E-state index contributed by atoms with van der Waals surface area (Å²) in [6, 6.07) is 9.85. The molecule has 6 nitrogen and oxygen atoms in total. The summed E-state index contributed by atoms with van der Waals surface area (Å²) in [6.45, 7) is 6.94. The number of methoxy groups -OCH3 is 1. The van der Waals surface area contributed by atoms with Crippen molar-refractivity contribution in [3.05, 3.63) is 58.6 Å². The number of furan rings is 1. The van der Waals surface area contributed by atoms with Crippen molar-refractivity contribution >= 4 is 28.7 Å². The van der Waals surface area contributed by atoms with Gasteiger partial charge >= 0.3 is 6.09 Å². The Labute approximate surface area is 203 Å². The molecule has 0 bridgehead atoms. The molecule has 0 N–H and O–H groups in total. The Bertz CT molecular complexity index is 1180. The number of halogens is 2. The van der Waals surface area contributed by atoms with E-state index in [2.05, 4.69) is 0 Å². The molecule has 34 heavy (non-hydrogen) atoms. The number of benzene rings is 2. The van der Waals surface area contributed by atoms with Gasteiger partial charge < -0.3 is 23.5 Å². The van der Waals surface area contributed by atoms with Crippen LogP contribution in [0.1, 0.15) is 50.7 Å². The number of hydrogen-bond donors (Lipinski definition) is 0. The minimum absolute atomic E-state index is 0.157. The molecule has 4 rings (SSSR count). The second-order valence-corrected chi connectivity index (χ2v) is 9.82. The Kier molecular flexibility index (Phi) is 6.94. The van der Waals surface area contributed by atoms with E-state index in [9.17, 15) is 9.18 Å². The molecule has 182 valence electrons. The van der Waals surface area contributed by atoms with Gasteiger partial charge in [-0.25, -0.2) is 4.79 Å². The summed E-state index contributed by atoms with van der Waals surface area (Å²) in [5, 5.41) is 0.927. The van der Waals surface area contributed by atoms with E-state index >= 15 is 0 Å². The first kappa shape index (κ1) is 24.2. The van der Waals surface area contributed by atoms with E-state index < -0.39 is 11.6 Å². The third-order valence-corrected chi connectivity index (χ3v) is 6.20. The van der Waals surface area contributed by atoms with Gasteiger partial charge in [0.15, 0.2) is 11.5 Å². The van der Waals surface area contributed by atoms with Crippen LogP contribution in [0.15, 0.2) is 40.8 Å². The largest absolute Gasteiger partial charge is 0.493 e. The zero-order valence-electron chi connectivity index (χ0n) is 19.8. The predicted octanol–water partition coefficient (Wildman–Crippen LogP) is 6.93. The highest BCUT2D eigenvalue weighted by atomic mass is 35.5. The molecule has 1 aliphatic heterocycles. The molecule has 2 heterocycles. The Morgan fingerprint density at radius 2 is 1.94 bits per heavy atom. The van der Waals surface area contributed by atoms with Crippen molar-refractivity contribution in [1.82, 2.24) is 4.90 Å². The number of likely N-dealkylation sites (tertiary alicyclic amines) is 1. The van der Waals surface area contributed by atoms with E-state index in [1.807, 2.05) is 39.0 Å². The quantitative estimate of drug-likeness (QED) is 0.389. The molecule has 0 saturated carbocycles. The van der Waals surface area contributed by atoms with Crippen molar-refractivity contribution in [3.63, 3.8) is 0 Å². The fourth-order valence-electron chi connectivity index (χ4n) is 4.25. The number of carbonyl (C=O) groups excluding carboxylic acids is 1. The zero-order valence-corrected chi connectivity index (χ0v) is 20.6. The number of ether oxygens (including phenoxy) is 3. The van der Waals surface area contributed by atoms with Gasteiger partial charge in [-0.2, -0.15) is 4.39 Å². The van der Waals surface area contributed by atoms with E-state index in [0.717, 1.165) is 18.4 Å². The van der Waals surface area contributed by atoms with Crippen molar-refractivity contribution in [2.24, 2.45) is 0 Å². The van der Waals surface area contributed by atoms with Gasteiger partial charge in [-0.15, -0.1) is 0 Å². The number of para-hydroxylation sites is 1. The predicted molar refractivity (Wildman–Crippen MR) is 128 cm³/mol. The second-order valence-electron chi connectivity index (χ2n) is 9.41. The minimum atomic E-state index is -0.695. The molecule has 2 aromatic carbocycles. The van der Waals surface area contributed by atoms with Crippen LogP contribution in [0.25, 0.3) is 11.0 Å². The summed E-state index contributed by atoms with van der Waals surface area (Å²) >= 11 is 6.18. The van der Waals surface area contributed by atoms with Crippen LogP contribution in [0.5, 0.6) is 11.5 Å². The van der Waals surface area contributed by atoms with E-state index in [-0.39, 0.29) is 18.6 Å². The Hall–Kier alpha value is -2.93. The summed E-state index contributed by atoms with van der Waals surface area (Å²) in [7, 11) is 1.60. The van der Waals surface area contributed by atoms with Gasteiger partial charge in [0.1, 0.15) is 17.8 Å². The molecule has 0 spiro atoms. The average Bonchev–Trinajstić information content (AvgIpc) is 3.20. The normalized spacial score (nSPS) is 14.9. The molecule has 1 aliphatic rings. The van der Waals surface area contributed by atoms with E-state index in [0.29, 0.717) is 46.1 Å². The third kappa shape index (κ3) is 5.25. The highest BCUT2D eigenvalue weighted by molar-refractivity contribution is 6.35. The van der Waals surface area contributed by atoms with E-state index in [1.54, 1.807) is 24.1 Å². The molecular weight excluding hydrogens is 461 g/mol. The van der Waals surface area contributed by atoms with Gasteiger partial charge in [0.2, 0.25) is 0 Å². The van der Waals surface area contributed by atoms with Crippen LogP contribution < -0.4 is 9.47 Å². The smallest absolute Gasteiger partial charge is 0.410 e. The van der Waals surface area contributed by atoms with Gasteiger partial charge in [0.05, 0.1) is 12.1 Å². The lowest BCUT2D eigenvalue weighted by Gasteiger charge is -2.34. The SMILES string of the molecule is COc1cccc(C2CCN(C(=O)OC(C)(C)C)CC2)c1OCc1ccc(Cl)c2cc(F)oc12. The number of hydrogen-bond acceptors (Lipinski definition) is 5. The molecule has 0 aliphatic carbocycles. The van der Waals surface area contributed by atoms with Gasteiger partial charge in [0, 0.05) is 35.7 Å². The molecule has 8 heteroatoms. The molecule has 1 saturated heterocycles. The van der Waals surface area contributed by atoms with Crippen LogP contribution >= 0.6 is 11.6 Å². The van der Waals surface area contributed by atoms with Crippen LogP contribution in [0.4, 0.5) is 9.18 Å². The first-order chi connectivity index (χ1) is 16.2. The topological polar surface area (TPSA) is 61.1 Å². The average molecular weight is 490 g/mol. The van der Waals surface area contributed by atoms with Crippen molar-refractivity contribution < 1.29 is 27.8 Å². The van der Waals surface area contributed by atoms with E-state index in [4.69, 9.17) is 30.2 Å². The lowest BCUT2D eigenvalue weighted by Crippen LogP contribution is -2.41. The summed E-state index contributed by atoms with van der Waals surface area (Å²) in [5.41, 5.74) is 1.54. The van der Waals surface area contributed by atoms with Crippen molar-refractivity contribution in [1.29, 1.82) is 0 Å². The molecule has 3 aromatic rings. The van der Waals surface area contributed by atoms with Gasteiger partial charge in [0.25, 0.3) is 6.01 Å². The number of carbonyl (C=O) groups is 1. The molecule has 1 amide bonds. The van der Waals surface area contributed by atoms with Gasteiger partial charge in [-0.05, 0) is 51.7 Å². The van der Waals surface area contributed by atoms with Crippen molar-refractivity contribution in [2.75, 3.05) is 20.2 Å². The summed E-state index contributed by atoms with van der Waals surface area (Å²) in [5.74, 6) is 1.44. The fraction of sp³-hybridized carbons (Fsp3) is 0.423. The highest BCUT2D eigenvalue weighted by Gasteiger charge is 2.29. The van der Waals surface area contributed by atoms with E-state index in [1.165, 1.54) is 6.07 Å². The molecule has 0 unspecified atom stereocenters. The lowest BCUT2D eigenvalue weighted by atomic mass is 9.88. The van der Waals surface area contributed by atoms with Crippen LogP contribution in [-0.2, 0) is 11.3 Å². The Morgan fingerprint density at radius 1 is 1.21 bits per heavy atom. The summed E-state index contributed by atoms with van der Waals surface area (Å²) in [4.78, 5) is 14.2. The maximum absolute atomic E-state index is 13.7.